The van der Waals surface area contributed by atoms with E-state index in [2.05, 4.69) is 31.0 Å². The molecule has 1 atom stereocenters. The second kappa shape index (κ2) is 9.01. The SMILES string of the molecule is CNC(=O)c1ccc(-c2cn3ncc4c3nc2NCc2cc(F)cnc2OC(C)CNC4=O)cc1. The molecule has 1 unspecified atom stereocenters. The van der Waals surface area contributed by atoms with Gasteiger partial charge in [0.15, 0.2) is 5.65 Å². The van der Waals surface area contributed by atoms with Crippen LogP contribution >= 0.6 is 0 Å². The minimum absolute atomic E-state index is 0.171. The Hall–Kier alpha value is -4.54. The summed E-state index contributed by atoms with van der Waals surface area (Å²) in [6.07, 6.45) is 3.88. The molecule has 0 saturated carbocycles. The van der Waals surface area contributed by atoms with Gasteiger partial charge in [0.2, 0.25) is 5.88 Å². The summed E-state index contributed by atoms with van der Waals surface area (Å²) < 4.78 is 21.4. The first-order chi connectivity index (χ1) is 16.9. The van der Waals surface area contributed by atoms with Crippen LogP contribution in [0, 0.1) is 5.82 Å². The third-order valence-electron chi connectivity index (χ3n) is 5.62. The number of benzene rings is 1. The number of rotatable bonds is 2. The molecule has 2 amide bonds. The van der Waals surface area contributed by atoms with Crippen molar-refractivity contribution in [3.05, 3.63) is 71.4 Å². The van der Waals surface area contributed by atoms with Gasteiger partial charge in [-0.25, -0.2) is 18.9 Å². The first-order valence-corrected chi connectivity index (χ1v) is 11.0. The molecule has 2 bridgehead atoms. The number of halogens is 1. The lowest BCUT2D eigenvalue weighted by molar-refractivity contribution is 0.0930. The number of hydrogen-bond donors (Lipinski definition) is 3. The van der Waals surface area contributed by atoms with Crippen molar-refractivity contribution in [2.75, 3.05) is 18.9 Å². The van der Waals surface area contributed by atoms with E-state index in [1.165, 1.54) is 16.8 Å². The Bertz CT molecular complexity index is 1440. The number of ether oxygens (including phenoxy) is 1. The van der Waals surface area contributed by atoms with E-state index in [0.717, 1.165) is 11.8 Å². The van der Waals surface area contributed by atoms with Gasteiger partial charge in [-0.15, -0.1) is 0 Å². The van der Waals surface area contributed by atoms with E-state index in [4.69, 9.17) is 4.74 Å². The number of amides is 2. The molecule has 0 aliphatic carbocycles. The number of anilines is 1. The van der Waals surface area contributed by atoms with Gasteiger partial charge in [0.25, 0.3) is 11.8 Å². The lowest BCUT2D eigenvalue weighted by Gasteiger charge is -2.17. The lowest BCUT2D eigenvalue weighted by Crippen LogP contribution is -2.33. The monoisotopic (exact) mass is 475 g/mol. The molecule has 10 nitrogen and oxygen atoms in total. The highest BCUT2D eigenvalue weighted by atomic mass is 19.1. The summed E-state index contributed by atoms with van der Waals surface area (Å²) in [4.78, 5) is 33.5. The molecule has 0 fully saturated rings. The fourth-order valence-electron chi connectivity index (χ4n) is 3.81. The zero-order valence-electron chi connectivity index (χ0n) is 19.0. The average molecular weight is 475 g/mol. The van der Waals surface area contributed by atoms with E-state index < -0.39 is 11.9 Å². The van der Waals surface area contributed by atoms with Crippen LogP contribution in [0.3, 0.4) is 0 Å². The van der Waals surface area contributed by atoms with E-state index in [0.29, 0.717) is 33.7 Å². The van der Waals surface area contributed by atoms with Gasteiger partial charge in [-0.3, -0.25) is 9.59 Å². The van der Waals surface area contributed by atoms with Gasteiger partial charge in [-0.1, -0.05) is 12.1 Å². The normalized spacial score (nSPS) is 15.6. The fraction of sp³-hybridized carbons (Fsp3) is 0.208. The minimum Gasteiger partial charge on any atom is -0.473 e. The molecule has 35 heavy (non-hydrogen) atoms. The van der Waals surface area contributed by atoms with Crippen LogP contribution in [0.4, 0.5) is 10.2 Å². The number of nitrogens with zero attached hydrogens (tertiary/aromatic N) is 4. The number of carbonyl (C=O) groups is 2. The van der Waals surface area contributed by atoms with Crippen LogP contribution in [0.15, 0.2) is 48.9 Å². The van der Waals surface area contributed by atoms with Crippen LogP contribution in [0.25, 0.3) is 16.8 Å². The van der Waals surface area contributed by atoms with E-state index in [9.17, 15) is 14.0 Å². The molecule has 0 spiro atoms. The molecule has 4 aromatic rings. The van der Waals surface area contributed by atoms with Crippen LogP contribution in [0.1, 0.15) is 33.2 Å². The van der Waals surface area contributed by atoms with Gasteiger partial charge >= 0.3 is 0 Å². The predicted octanol–water partition coefficient (Wildman–Crippen LogP) is 2.41. The van der Waals surface area contributed by atoms with Gasteiger partial charge in [0.05, 0.1) is 18.9 Å². The summed E-state index contributed by atoms with van der Waals surface area (Å²) in [5.74, 6) is -0.325. The second-order valence-corrected chi connectivity index (χ2v) is 8.10. The third kappa shape index (κ3) is 4.35. The molecule has 0 saturated heterocycles. The molecule has 0 radical (unpaired) electrons. The van der Waals surface area contributed by atoms with Crippen molar-refractivity contribution in [3.8, 4) is 17.0 Å². The Morgan fingerprint density at radius 3 is 2.77 bits per heavy atom. The van der Waals surface area contributed by atoms with E-state index >= 15 is 0 Å². The summed E-state index contributed by atoms with van der Waals surface area (Å²) in [5, 5.41) is 13.0. The summed E-state index contributed by atoms with van der Waals surface area (Å²) >= 11 is 0. The number of aromatic nitrogens is 4. The molecular formula is C24H22FN7O3. The zero-order valence-corrected chi connectivity index (χ0v) is 19.0. The minimum atomic E-state index is -0.495. The molecule has 178 valence electrons. The van der Waals surface area contributed by atoms with Crippen LogP contribution in [-0.2, 0) is 6.54 Å². The summed E-state index contributed by atoms with van der Waals surface area (Å²) in [6, 6.07) is 8.35. The van der Waals surface area contributed by atoms with Gasteiger partial charge in [0, 0.05) is 36.5 Å². The molecule has 5 rings (SSSR count). The molecular weight excluding hydrogens is 453 g/mol. The van der Waals surface area contributed by atoms with E-state index in [-0.39, 0.29) is 30.8 Å². The summed E-state index contributed by atoms with van der Waals surface area (Å²) in [5.41, 5.74) is 3.12. The maximum Gasteiger partial charge on any atom is 0.256 e. The van der Waals surface area contributed by atoms with Crippen molar-refractivity contribution in [1.82, 2.24) is 30.2 Å². The number of pyridine rings is 1. The predicted molar refractivity (Wildman–Crippen MR) is 126 cm³/mol. The third-order valence-corrected chi connectivity index (χ3v) is 5.62. The number of nitrogens with one attached hydrogen (secondary N) is 3. The Balaban J connectivity index is 1.63. The second-order valence-electron chi connectivity index (χ2n) is 8.10. The summed E-state index contributed by atoms with van der Waals surface area (Å²) in [6.45, 7) is 2.17. The molecule has 4 heterocycles. The van der Waals surface area contributed by atoms with E-state index in [1.54, 1.807) is 44.4 Å². The maximum atomic E-state index is 14.0. The molecule has 3 N–H and O–H groups in total. The Morgan fingerprint density at radius 2 is 2.00 bits per heavy atom. The van der Waals surface area contributed by atoms with Crippen LogP contribution in [0.5, 0.6) is 5.88 Å². The Kier molecular flexibility index (Phi) is 5.73. The summed E-state index contributed by atoms with van der Waals surface area (Å²) in [7, 11) is 1.57. The quantitative estimate of drug-likeness (QED) is 0.407. The highest BCUT2D eigenvalue weighted by Gasteiger charge is 2.21. The van der Waals surface area contributed by atoms with Gasteiger partial charge in [0.1, 0.15) is 23.3 Å². The van der Waals surface area contributed by atoms with Crippen molar-refractivity contribution >= 4 is 23.3 Å². The highest BCUT2D eigenvalue weighted by Crippen LogP contribution is 2.29. The van der Waals surface area contributed by atoms with Crippen molar-refractivity contribution in [2.24, 2.45) is 0 Å². The van der Waals surface area contributed by atoms with Gasteiger partial charge in [-0.05, 0) is 30.7 Å². The fourth-order valence-corrected chi connectivity index (χ4v) is 3.81. The molecule has 3 aromatic heterocycles. The first-order valence-electron chi connectivity index (χ1n) is 11.0. The van der Waals surface area contributed by atoms with E-state index in [1.807, 2.05) is 0 Å². The number of carbonyl (C=O) groups excluding carboxylic acids is 2. The maximum absolute atomic E-state index is 14.0. The van der Waals surface area contributed by atoms with Crippen molar-refractivity contribution in [2.45, 2.75) is 19.6 Å². The molecule has 11 heteroatoms. The smallest absolute Gasteiger partial charge is 0.256 e. The van der Waals surface area contributed by atoms with Crippen LogP contribution in [-0.4, -0.2) is 51.1 Å². The zero-order chi connectivity index (χ0) is 24.5. The molecule has 1 aliphatic rings. The van der Waals surface area contributed by atoms with Crippen LogP contribution < -0.4 is 20.7 Å². The van der Waals surface area contributed by atoms with Crippen molar-refractivity contribution < 1.29 is 18.7 Å². The standard InChI is InChI=1S/C24H22FN7O3/c1-13-8-28-23(34)18-11-30-32-12-19(14-3-5-15(6-4-14)22(33)26-2)20(31-21(18)32)27-9-16-7-17(25)10-29-24(16)35-13/h3-7,10-13H,8-9H2,1-2H3,(H,26,33)(H,27,31)(H,28,34). The first kappa shape index (κ1) is 22.3. The molecule has 1 aliphatic heterocycles. The lowest BCUT2D eigenvalue weighted by atomic mass is 10.1. The Morgan fingerprint density at radius 1 is 1.20 bits per heavy atom. The Labute approximate surface area is 199 Å². The van der Waals surface area contributed by atoms with Crippen molar-refractivity contribution in [3.63, 3.8) is 0 Å². The van der Waals surface area contributed by atoms with Gasteiger partial charge < -0.3 is 20.7 Å². The largest absolute Gasteiger partial charge is 0.473 e. The molecule has 1 aromatic carbocycles. The number of hydrogen-bond acceptors (Lipinski definition) is 7. The van der Waals surface area contributed by atoms with Crippen molar-refractivity contribution in [1.29, 1.82) is 0 Å². The number of fused-ring (bicyclic) bond motifs is 2. The van der Waals surface area contributed by atoms with Crippen LogP contribution in [0.2, 0.25) is 0 Å². The highest BCUT2D eigenvalue weighted by molar-refractivity contribution is 6.00. The van der Waals surface area contributed by atoms with Gasteiger partial charge in [-0.2, -0.15) is 5.10 Å². The average Bonchev–Trinajstić information content (AvgIpc) is 3.29. The topological polar surface area (TPSA) is 123 Å².